The highest BCUT2D eigenvalue weighted by Gasteiger charge is 2.37. The first kappa shape index (κ1) is 25.4. The second-order valence-electron chi connectivity index (χ2n) is 7.60. The molecule has 10 heteroatoms. The zero-order chi connectivity index (χ0) is 25.8. The van der Waals surface area contributed by atoms with Crippen molar-refractivity contribution >= 4 is 57.1 Å². The summed E-state index contributed by atoms with van der Waals surface area (Å²) in [4.78, 5) is 38.8. The number of rotatable bonds is 7. The number of urea groups is 1. The van der Waals surface area contributed by atoms with Gasteiger partial charge < -0.3 is 9.47 Å². The lowest BCUT2D eigenvalue weighted by Crippen LogP contribution is -2.54. The minimum Gasteiger partial charge on any atom is -0.490 e. The Morgan fingerprint density at radius 3 is 2.33 bits per heavy atom. The number of barbiturate groups is 1. The van der Waals surface area contributed by atoms with Gasteiger partial charge in [0.05, 0.1) is 12.3 Å². The zero-order valence-corrected chi connectivity index (χ0v) is 21.2. The summed E-state index contributed by atoms with van der Waals surface area (Å²) in [5, 5.41) is 2.76. The lowest BCUT2D eigenvalue weighted by molar-refractivity contribution is -0.122. The third-order valence-electron chi connectivity index (χ3n) is 5.16. The lowest BCUT2D eigenvalue weighted by Gasteiger charge is -2.26. The maximum atomic E-state index is 13.3. The van der Waals surface area contributed by atoms with Crippen molar-refractivity contribution in [2.45, 2.75) is 13.5 Å². The van der Waals surface area contributed by atoms with E-state index >= 15 is 0 Å². The number of carbonyl (C=O) groups excluding carboxylic acids is 3. The summed E-state index contributed by atoms with van der Waals surface area (Å²) in [5.74, 6) is -1.37. The van der Waals surface area contributed by atoms with Crippen molar-refractivity contribution in [3.05, 3.63) is 92.7 Å². The molecule has 1 fully saturated rings. The molecule has 1 aliphatic heterocycles. The summed E-state index contributed by atoms with van der Waals surface area (Å²) in [6.45, 7) is 2.43. The number of anilines is 1. The highest BCUT2D eigenvalue weighted by Crippen LogP contribution is 2.36. The van der Waals surface area contributed by atoms with Crippen molar-refractivity contribution in [3.63, 3.8) is 0 Å². The Morgan fingerprint density at radius 1 is 1.00 bits per heavy atom. The van der Waals surface area contributed by atoms with Crippen LogP contribution in [0.2, 0.25) is 5.02 Å². The fraction of sp³-hybridized carbons (Fsp3) is 0.115. The summed E-state index contributed by atoms with van der Waals surface area (Å²) in [5.41, 5.74) is 1.19. The van der Waals surface area contributed by atoms with E-state index in [4.69, 9.17) is 21.1 Å². The number of hydrogen-bond donors (Lipinski definition) is 1. The Kier molecular flexibility index (Phi) is 7.71. The average Bonchev–Trinajstić information content (AvgIpc) is 2.84. The fourth-order valence-electron chi connectivity index (χ4n) is 3.42. The molecule has 0 unspecified atom stereocenters. The van der Waals surface area contributed by atoms with E-state index in [9.17, 15) is 18.8 Å². The van der Waals surface area contributed by atoms with Crippen molar-refractivity contribution in [3.8, 4) is 11.5 Å². The van der Waals surface area contributed by atoms with Gasteiger partial charge in [-0.25, -0.2) is 14.1 Å². The second kappa shape index (κ2) is 10.9. The van der Waals surface area contributed by atoms with Crippen LogP contribution in [-0.2, 0) is 16.2 Å². The number of halogens is 3. The first-order valence-corrected chi connectivity index (χ1v) is 11.9. The first-order valence-electron chi connectivity index (χ1n) is 10.8. The van der Waals surface area contributed by atoms with Gasteiger partial charge >= 0.3 is 6.03 Å². The zero-order valence-electron chi connectivity index (χ0n) is 18.9. The van der Waals surface area contributed by atoms with E-state index in [2.05, 4.69) is 21.2 Å². The minimum absolute atomic E-state index is 0.123. The maximum Gasteiger partial charge on any atom is 0.335 e. The predicted molar refractivity (Wildman–Crippen MR) is 136 cm³/mol. The summed E-state index contributed by atoms with van der Waals surface area (Å²) in [6.07, 6.45) is 1.34. The molecule has 1 aliphatic rings. The minimum atomic E-state index is -0.922. The predicted octanol–water partition coefficient (Wildman–Crippen LogP) is 5.89. The molecule has 3 aromatic rings. The largest absolute Gasteiger partial charge is 0.490 e. The first-order chi connectivity index (χ1) is 17.3. The number of carbonyl (C=O) groups is 3. The molecule has 4 amide bonds. The normalized spacial score (nSPS) is 14.7. The Balaban J connectivity index is 1.65. The van der Waals surface area contributed by atoms with E-state index in [0.717, 1.165) is 22.6 Å². The number of imide groups is 2. The Morgan fingerprint density at radius 2 is 1.67 bits per heavy atom. The number of nitrogens with zero attached hydrogens (tertiary/aromatic N) is 1. The molecule has 1 N–H and O–H groups in total. The summed E-state index contributed by atoms with van der Waals surface area (Å²) in [7, 11) is 0. The quantitative estimate of drug-likeness (QED) is 0.282. The highest BCUT2D eigenvalue weighted by atomic mass is 79.9. The molecule has 0 aliphatic carbocycles. The Bertz CT molecular complexity index is 1360. The van der Waals surface area contributed by atoms with E-state index in [-0.39, 0.29) is 17.9 Å². The van der Waals surface area contributed by atoms with Gasteiger partial charge in [0.25, 0.3) is 11.8 Å². The van der Waals surface area contributed by atoms with Crippen LogP contribution >= 0.6 is 27.5 Å². The number of ether oxygens (including phenoxy) is 2. The van der Waals surface area contributed by atoms with Crippen molar-refractivity contribution in [1.29, 1.82) is 0 Å². The van der Waals surface area contributed by atoms with E-state index in [1.54, 1.807) is 24.3 Å². The number of hydrogen-bond acceptors (Lipinski definition) is 5. The standard InChI is InChI=1S/C26H19BrClFN2O5/c1-2-35-22-12-16(21(27)13-23(22)36-14-15-3-5-17(28)6-4-15)11-20-24(32)30-26(34)31(25(20)33)19-9-7-18(29)8-10-19/h3-13H,2,14H2,1H3,(H,30,32,34)/b20-11+. The van der Waals surface area contributed by atoms with Crippen molar-refractivity contribution < 1.29 is 28.2 Å². The third-order valence-corrected chi connectivity index (χ3v) is 6.10. The van der Waals surface area contributed by atoms with Crippen LogP contribution in [0, 0.1) is 5.82 Å². The fourth-order valence-corrected chi connectivity index (χ4v) is 3.98. The van der Waals surface area contributed by atoms with Crippen LogP contribution in [0.25, 0.3) is 6.08 Å². The van der Waals surface area contributed by atoms with Crippen LogP contribution in [-0.4, -0.2) is 24.5 Å². The molecule has 1 heterocycles. The van der Waals surface area contributed by atoms with E-state index in [1.165, 1.54) is 18.2 Å². The molecular formula is C26H19BrClFN2O5. The van der Waals surface area contributed by atoms with Crippen molar-refractivity contribution in [1.82, 2.24) is 5.32 Å². The van der Waals surface area contributed by atoms with E-state index < -0.39 is 23.7 Å². The van der Waals surface area contributed by atoms with Gasteiger partial charge in [0.15, 0.2) is 11.5 Å². The third kappa shape index (κ3) is 5.58. The van der Waals surface area contributed by atoms with Gasteiger partial charge in [0, 0.05) is 9.50 Å². The molecule has 184 valence electrons. The summed E-state index contributed by atoms with van der Waals surface area (Å²) in [6, 6.07) is 14.4. The van der Waals surface area contributed by atoms with Crippen LogP contribution < -0.4 is 19.7 Å². The number of benzene rings is 3. The van der Waals surface area contributed by atoms with Crippen molar-refractivity contribution in [2.75, 3.05) is 11.5 Å². The molecule has 36 heavy (non-hydrogen) atoms. The highest BCUT2D eigenvalue weighted by molar-refractivity contribution is 9.10. The SMILES string of the molecule is CCOc1cc(/C=C2\C(=O)NC(=O)N(c3ccc(F)cc3)C2=O)c(Br)cc1OCc1ccc(Cl)cc1. The van der Waals surface area contributed by atoms with E-state index in [1.807, 2.05) is 19.1 Å². The molecule has 3 aromatic carbocycles. The molecule has 0 saturated carbocycles. The van der Waals surface area contributed by atoms with Gasteiger partial charge in [-0.2, -0.15) is 0 Å². The molecule has 0 atom stereocenters. The number of nitrogens with one attached hydrogen (secondary N) is 1. The molecule has 0 bridgehead atoms. The van der Waals surface area contributed by atoms with Crippen LogP contribution in [0.5, 0.6) is 11.5 Å². The Hall–Kier alpha value is -3.69. The van der Waals surface area contributed by atoms with Crippen LogP contribution in [0.15, 0.2) is 70.7 Å². The van der Waals surface area contributed by atoms with Gasteiger partial charge in [-0.3, -0.25) is 14.9 Å². The van der Waals surface area contributed by atoms with Gasteiger partial charge in [0.2, 0.25) is 0 Å². The van der Waals surface area contributed by atoms with E-state index in [0.29, 0.717) is 33.2 Å². The van der Waals surface area contributed by atoms with Crippen LogP contribution in [0.4, 0.5) is 14.9 Å². The second-order valence-corrected chi connectivity index (χ2v) is 8.89. The van der Waals surface area contributed by atoms with Crippen molar-refractivity contribution in [2.24, 2.45) is 0 Å². The molecule has 7 nitrogen and oxygen atoms in total. The van der Waals surface area contributed by atoms with Gasteiger partial charge in [0.1, 0.15) is 18.0 Å². The molecule has 0 aromatic heterocycles. The number of amides is 4. The van der Waals surface area contributed by atoms with Gasteiger partial charge in [-0.15, -0.1) is 0 Å². The smallest absolute Gasteiger partial charge is 0.335 e. The lowest BCUT2D eigenvalue weighted by atomic mass is 10.1. The molecule has 1 saturated heterocycles. The average molecular weight is 574 g/mol. The monoisotopic (exact) mass is 572 g/mol. The van der Waals surface area contributed by atoms with Gasteiger partial charge in [-0.05, 0) is 72.7 Å². The topological polar surface area (TPSA) is 84.9 Å². The van der Waals surface area contributed by atoms with Crippen LogP contribution in [0.3, 0.4) is 0 Å². The van der Waals surface area contributed by atoms with Crippen LogP contribution in [0.1, 0.15) is 18.1 Å². The summed E-state index contributed by atoms with van der Waals surface area (Å²) >= 11 is 9.38. The summed E-state index contributed by atoms with van der Waals surface area (Å²) < 4.78 is 25.5. The molecule has 0 spiro atoms. The maximum absolute atomic E-state index is 13.3. The Labute approximate surface area is 219 Å². The van der Waals surface area contributed by atoms with Gasteiger partial charge in [-0.1, -0.05) is 39.7 Å². The molecule has 4 rings (SSSR count). The molecular weight excluding hydrogens is 555 g/mol. The molecule has 0 radical (unpaired) electrons.